The zero-order valence-corrected chi connectivity index (χ0v) is 14.1. The minimum absolute atomic E-state index is 0.111. The van der Waals surface area contributed by atoms with Gasteiger partial charge in [0.1, 0.15) is 22.3 Å². The number of benzene rings is 1. The van der Waals surface area contributed by atoms with Crippen LogP contribution in [0.15, 0.2) is 46.9 Å². The zero-order chi connectivity index (χ0) is 17.8. The summed E-state index contributed by atoms with van der Waals surface area (Å²) in [6, 6.07) is 5.78. The zero-order valence-electron chi connectivity index (χ0n) is 13.3. The summed E-state index contributed by atoms with van der Waals surface area (Å²) in [5, 5.41) is 10.8. The molecule has 1 aliphatic heterocycles. The average Bonchev–Trinajstić information content (AvgIpc) is 3.31. The second kappa shape index (κ2) is 7.27. The lowest BCUT2D eigenvalue weighted by molar-refractivity contribution is -0.115. The topological polar surface area (TPSA) is 101 Å². The molecule has 1 amide bonds. The number of hydrogen-bond acceptors (Lipinski definition) is 7. The third-order valence-electron chi connectivity index (χ3n) is 3.56. The van der Waals surface area contributed by atoms with E-state index in [0.717, 1.165) is 5.56 Å². The van der Waals surface area contributed by atoms with E-state index in [4.69, 9.17) is 0 Å². The van der Waals surface area contributed by atoms with Crippen molar-refractivity contribution >= 4 is 34.5 Å². The number of nitrogens with one attached hydrogen (secondary N) is 1. The highest BCUT2D eigenvalue weighted by Gasteiger charge is 2.28. The number of Topliss-reactive ketones (excluding diaryl/α,β-unsaturated/α-hetero) is 2. The summed E-state index contributed by atoms with van der Waals surface area (Å²) in [4.78, 5) is 40.6. The average molecular weight is 354 g/mol. The molecular weight excluding hydrogens is 340 g/mol. The van der Waals surface area contributed by atoms with E-state index in [2.05, 4.69) is 20.5 Å². The Morgan fingerprint density at radius 2 is 1.96 bits per heavy atom. The van der Waals surface area contributed by atoms with Crippen LogP contribution in [0.3, 0.4) is 0 Å². The third kappa shape index (κ3) is 3.92. The molecule has 1 unspecified atom stereocenters. The molecule has 2 heterocycles. The number of aliphatic imine (C=N–C) groups is 1. The van der Waals surface area contributed by atoms with E-state index >= 15 is 0 Å². The maximum atomic E-state index is 12.3. The maximum Gasteiger partial charge on any atom is 0.269 e. The Morgan fingerprint density at radius 1 is 1.20 bits per heavy atom. The smallest absolute Gasteiger partial charge is 0.269 e. The van der Waals surface area contributed by atoms with E-state index in [1.165, 1.54) is 23.5 Å². The van der Waals surface area contributed by atoms with Crippen molar-refractivity contribution in [2.75, 3.05) is 0 Å². The first-order valence-corrected chi connectivity index (χ1v) is 8.37. The van der Waals surface area contributed by atoms with Crippen LogP contribution in [0.25, 0.3) is 0 Å². The fourth-order valence-corrected chi connectivity index (χ4v) is 2.67. The van der Waals surface area contributed by atoms with Crippen LogP contribution in [0.5, 0.6) is 0 Å². The van der Waals surface area contributed by atoms with Crippen LogP contribution in [0, 0.1) is 6.92 Å². The molecule has 1 aliphatic rings. The highest BCUT2D eigenvalue weighted by molar-refractivity contribution is 7.09. The predicted molar refractivity (Wildman–Crippen MR) is 92.6 cm³/mol. The second-order valence-electron chi connectivity index (χ2n) is 5.39. The second-order valence-corrected chi connectivity index (χ2v) is 6.31. The molecule has 1 aromatic heterocycles. The lowest BCUT2D eigenvalue weighted by Crippen LogP contribution is -2.30. The molecule has 0 saturated carbocycles. The minimum atomic E-state index is -0.962. The summed E-state index contributed by atoms with van der Waals surface area (Å²) in [5.74, 6) is -1.70. The molecule has 0 fully saturated rings. The summed E-state index contributed by atoms with van der Waals surface area (Å²) in [6.45, 7) is 2.13. The van der Waals surface area contributed by atoms with E-state index in [1.54, 1.807) is 29.8 Å². The number of ketones is 2. The number of aryl methyl sites for hydroxylation is 1. The van der Waals surface area contributed by atoms with Gasteiger partial charge in [-0.2, -0.15) is 0 Å². The van der Waals surface area contributed by atoms with Gasteiger partial charge in [0.2, 0.25) is 11.6 Å². The Kier molecular flexibility index (Phi) is 4.90. The molecule has 0 spiro atoms. The Hall–Kier alpha value is -3.00. The number of carbonyl (C=O) groups is 3. The van der Waals surface area contributed by atoms with E-state index in [1.807, 2.05) is 6.92 Å². The summed E-state index contributed by atoms with van der Waals surface area (Å²) >= 11 is 1.32. The van der Waals surface area contributed by atoms with E-state index in [-0.39, 0.29) is 12.3 Å². The number of amides is 1. The van der Waals surface area contributed by atoms with Gasteiger partial charge in [-0.25, -0.2) is 0 Å². The van der Waals surface area contributed by atoms with Crippen molar-refractivity contribution in [1.82, 2.24) is 15.5 Å². The molecule has 8 heteroatoms. The van der Waals surface area contributed by atoms with Crippen LogP contribution in [-0.2, 0) is 16.1 Å². The van der Waals surface area contributed by atoms with Crippen molar-refractivity contribution in [3.8, 4) is 0 Å². The lowest BCUT2D eigenvalue weighted by atomic mass is 10.0. The van der Waals surface area contributed by atoms with Crippen molar-refractivity contribution < 1.29 is 14.4 Å². The first-order valence-electron chi connectivity index (χ1n) is 7.49. The summed E-state index contributed by atoms with van der Waals surface area (Å²) in [7, 11) is 0. The number of nitrogens with zero attached hydrogens (tertiary/aromatic N) is 3. The predicted octanol–water partition coefficient (Wildman–Crippen LogP) is 1.29. The van der Waals surface area contributed by atoms with E-state index < -0.39 is 23.5 Å². The van der Waals surface area contributed by atoms with Gasteiger partial charge in [-0.3, -0.25) is 19.4 Å². The van der Waals surface area contributed by atoms with E-state index in [0.29, 0.717) is 10.6 Å². The van der Waals surface area contributed by atoms with Gasteiger partial charge < -0.3 is 5.32 Å². The van der Waals surface area contributed by atoms with E-state index in [9.17, 15) is 14.4 Å². The largest absolute Gasteiger partial charge is 0.344 e. The van der Waals surface area contributed by atoms with Crippen LogP contribution in [0.1, 0.15) is 20.9 Å². The fourth-order valence-electron chi connectivity index (χ4n) is 2.20. The van der Waals surface area contributed by atoms with Crippen molar-refractivity contribution in [2.45, 2.75) is 19.5 Å². The summed E-state index contributed by atoms with van der Waals surface area (Å²) in [6.07, 6.45) is 2.90. The van der Waals surface area contributed by atoms with Crippen LogP contribution in [0.4, 0.5) is 0 Å². The minimum Gasteiger partial charge on any atom is -0.344 e. The van der Waals surface area contributed by atoms with Gasteiger partial charge in [-0.15, -0.1) is 21.5 Å². The maximum absolute atomic E-state index is 12.3. The van der Waals surface area contributed by atoms with Crippen molar-refractivity contribution in [3.05, 3.63) is 58.1 Å². The summed E-state index contributed by atoms with van der Waals surface area (Å²) < 4.78 is 0. The first kappa shape index (κ1) is 16.8. The molecule has 126 valence electrons. The highest BCUT2D eigenvalue weighted by Crippen LogP contribution is 2.12. The Labute approximate surface area is 147 Å². The number of rotatable bonds is 6. The lowest BCUT2D eigenvalue weighted by Gasteiger charge is -2.04. The molecule has 2 aromatic rings. The van der Waals surface area contributed by atoms with Crippen LogP contribution < -0.4 is 5.32 Å². The molecular formula is C17H14N4O3S. The molecule has 1 atom stereocenters. The molecule has 0 aliphatic carbocycles. The molecule has 0 radical (unpaired) electrons. The first-order chi connectivity index (χ1) is 12.0. The third-order valence-corrected chi connectivity index (χ3v) is 4.26. The van der Waals surface area contributed by atoms with Gasteiger partial charge in [0.05, 0.1) is 6.54 Å². The monoisotopic (exact) mass is 354 g/mol. The standard InChI is InChI=1S/C17H14N4O3S/c1-10-2-4-11(5-3-10)15(22)16(23)12-6-7-13(20-12)17(24)18-8-14-21-19-9-25-14/h2-7,9,12H,8H2,1H3,(H,18,24). The SMILES string of the molecule is Cc1ccc(C(=O)C(=O)C2C=CC(C(=O)NCc3nncs3)=N2)cc1. The van der Waals surface area contributed by atoms with Gasteiger partial charge in [0.15, 0.2) is 0 Å². The molecule has 7 nitrogen and oxygen atoms in total. The van der Waals surface area contributed by atoms with Gasteiger partial charge in [-0.1, -0.05) is 29.8 Å². The molecule has 1 aromatic carbocycles. The summed E-state index contributed by atoms with van der Waals surface area (Å²) in [5.41, 5.74) is 2.99. The van der Waals surface area contributed by atoms with Gasteiger partial charge in [-0.05, 0) is 19.1 Å². The van der Waals surface area contributed by atoms with Crippen molar-refractivity contribution in [1.29, 1.82) is 0 Å². The van der Waals surface area contributed by atoms with Crippen LogP contribution in [0.2, 0.25) is 0 Å². The Balaban J connectivity index is 1.63. The molecule has 0 saturated heterocycles. The molecule has 25 heavy (non-hydrogen) atoms. The molecule has 0 bridgehead atoms. The van der Waals surface area contributed by atoms with Crippen molar-refractivity contribution in [3.63, 3.8) is 0 Å². The fraction of sp³-hybridized carbons (Fsp3) is 0.176. The molecule has 1 N–H and O–H groups in total. The normalized spacial score (nSPS) is 15.7. The van der Waals surface area contributed by atoms with Gasteiger partial charge in [0, 0.05) is 5.56 Å². The number of hydrogen-bond donors (Lipinski definition) is 1. The van der Waals surface area contributed by atoms with Gasteiger partial charge >= 0.3 is 0 Å². The quantitative estimate of drug-likeness (QED) is 0.622. The number of aromatic nitrogens is 2. The molecule has 3 rings (SSSR count). The highest BCUT2D eigenvalue weighted by atomic mass is 32.1. The Morgan fingerprint density at radius 3 is 2.64 bits per heavy atom. The van der Waals surface area contributed by atoms with Crippen LogP contribution in [-0.4, -0.2) is 39.4 Å². The van der Waals surface area contributed by atoms with Crippen LogP contribution >= 0.6 is 11.3 Å². The van der Waals surface area contributed by atoms with Crippen molar-refractivity contribution in [2.24, 2.45) is 4.99 Å². The van der Waals surface area contributed by atoms with Gasteiger partial charge in [0.25, 0.3) is 5.91 Å². The Bertz CT molecular complexity index is 870. The number of carbonyl (C=O) groups excluding carboxylic acids is 3.